The Morgan fingerprint density at radius 3 is 2.47 bits per heavy atom. The highest BCUT2D eigenvalue weighted by molar-refractivity contribution is 7.06. The maximum Gasteiger partial charge on any atom is 0.0964 e. The Morgan fingerprint density at radius 2 is 1.94 bits per heavy atom. The van der Waals surface area contributed by atoms with Crippen LogP contribution in [0.4, 0.5) is 0 Å². The molecule has 1 heterocycles. The number of carboxylic acids is 1. The Balaban J connectivity index is 2.73. The first-order valence-electron chi connectivity index (χ1n) is 4.64. The Hall–Kier alpha value is -1.10. The van der Waals surface area contributed by atoms with Crippen LogP contribution in [0.1, 0.15) is 15.2 Å². The van der Waals surface area contributed by atoms with Crippen LogP contribution >= 0.6 is 34.7 Å². The zero-order valence-electron chi connectivity index (χ0n) is 8.66. The number of carboxylic acid groups (broad SMARTS) is 1. The lowest BCUT2D eigenvalue weighted by Gasteiger charge is -2.08. The maximum atomic E-state index is 11.1. The number of benzene rings is 1. The molecule has 1 aromatic heterocycles. The fourth-order valence-corrected chi connectivity index (χ4v) is 2.77. The summed E-state index contributed by atoms with van der Waals surface area (Å²) in [5.41, 5.74) is 0.743. The molecular formula is C11H6Cl2NO2S-. The minimum absolute atomic E-state index is 0.0463. The van der Waals surface area contributed by atoms with E-state index in [2.05, 4.69) is 4.37 Å². The van der Waals surface area contributed by atoms with Gasteiger partial charge in [-0.2, -0.15) is 4.37 Å². The number of halogens is 2. The summed E-state index contributed by atoms with van der Waals surface area (Å²) in [4.78, 5) is 11.6. The molecule has 2 rings (SSSR count). The lowest BCUT2D eigenvalue weighted by molar-refractivity contribution is -0.254. The fraction of sp³-hybridized carbons (Fsp3) is 0.0909. The van der Waals surface area contributed by atoms with E-state index in [9.17, 15) is 9.90 Å². The summed E-state index contributed by atoms with van der Waals surface area (Å²) in [5, 5.41) is 11.8. The highest BCUT2D eigenvalue weighted by atomic mass is 35.5. The Bertz CT molecular complexity index is 575. The standard InChI is InChI=1S/C11H7Cl2NO2S/c1-5-8(11(15)16)10(14-17-5)9-6(12)3-2-4-7(9)13/h2-4H,1H3,(H,15,16)/p-1. The first-order chi connectivity index (χ1) is 8.02. The van der Waals surface area contributed by atoms with Crippen molar-refractivity contribution in [2.75, 3.05) is 0 Å². The largest absolute Gasteiger partial charge is 0.545 e. The molecule has 88 valence electrons. The molecule has 0 saturated heterocycles. The SMILES string of the molecule is Cc1snc(-c2c(Cl)cccc2Cl)c1C(=O)[O-]. The van der Waals surface area contributed by atoms with Crippen molar-refractivity contribution >= 4 is 40.7 Å². The van der Waals surface area contributed by atoms with E-state index in [-0.39, 0.29) is 11.3 Å². The lowest BCUT2D eigenvalue weighted by Crippen LogP contribution is -2.23. The third-order valence-electron chi connectivity index (χ3n) is 2.27. The number of carbonyl (C=O) groups excluding carboxylic acids is 1. The molecule has 2 aromatic rings. The van der Waals surface area contributed by atoms with Crippen molar-refractivity contribution < 1.29 is 9.90 Å². The summed E-state index contributed by atoms with van der Waals surface area (Å²) in [6.45, 7) is 1.66. The van der Waals surface area contributed by atoms with Gasteiger partial charge in [0.25, 0.3) is 0 Å². The molecule has 0 radical (unpaired) electrons. The number of nitrogens with zero attached hydrogens (tertiary/aromatic N) is 1. The summed E-state index contributed by atoms with van der Waals surface area (Å²) in [7, 11) is 0. The second-order valence-electron chi connectivity index (χ2n) is 3.35. The van der Waals surface area contributed by atoms with E-state index in [1.54, 1.807) is 25.1 Å². The van der Waals surface area contributed by atoms with Gasteiger partial charge in [-0.25, -0.2) is 0 Å². The highest BCUT2D eigenvalue weighted by Crippen LogP contribution is 2.37. The molecule has 0 N–H and O–H groups in total. The van der Waals surface area contributed by atoms with E-state index in [1.807, 2.05) is 0 Å². The lowest BCUT2D eigenvalue weighted by atomic mass is 10.1. The first kappa shape index (κ1) is 12.4. The summed E-state index contributed by atoms with van der Waals surface area (Å²) < 4.78 is 4.08. The predicted octanol–water partition coefficient (Wildman–Crippen LogP) is 2.79. The molecule has 0 atom stereocenters. The molecule has 0 fully saturated rings. The minimum Gasteiger partial charge on any atom is -0.545 e. The summed E-state index contributed by atoms with van der Waals surface area (Å²) in [5.74, 6) is -1.28. The van der Waals surface area contributed by atoms with E-state index in [1.165, 1.54) is 0 Å². The summed E-state index contributed by atoms with van der Waals surface area (Å²) in [6.07, 6.45) is 0. The number of carbonyl (C=O) groups is 1. The van der Waals surface area contributed by atoms with Gasteiger partial charge in [0.05, 0.1) is 21.7 Å². The van der Waals surface area contributed by atoms with Crippen LogP contribution in [0, 0.1) is 6.92 Å². The smallest absolute Gasteiger partial charge is 0.0964 e. The average molecular weight is 287 g/mol. The van der Waals surface area contributed by atoms with Crippen molar-refractivity contribution in [1.82, 2.24) is 4.37 Å². The molecule has 0 aliphatic rings. The van der Waals surface area contributed by atoms with Crippen molar-refractivity contribution in [3.63, 3.8) is 0 Å². The van der Waals surface area contributed by atoms with Crippen molar-refractivity contribution in [3.8, 4) is 11.3 Å². The summed E-state index contributed by atoms with van der Waals surface area (Å²) in [6, 6.07) is 4.96. The first-order valence-corrected chi connectivity index (χ1v) is 6.17. The number of hydrogen-bond donors (Lipinski definition) is 0. The highest BCUT2D eigenvalue weighted by Gasteiger charge is 2.18. The summed E-state index contributed by atoms with van der Waals surface area (Å²) >= 11 is 13.1. The van der Waals surface area contributed by atoms with Gasteiger partial charge >= 0.3 is 0 Å². The molecule has 0 bridgehead atoms. The number of rotatable bonds is 2. The van der Waals surface area contributed by atoms with Crippen LogP contribution in [0.5, 0.6) is 0 Å². The van der Waals surface area contributed by atoms with E-state index in [0.29, 0.717) is 20.5 Å². The molecule has 17 heavy (non-hydrogen) atoms. The average Bonchev–Trinajstić information content (AvgIpc) is 2.60. The zero-order chi connectivity index (χ0) is 12.6. The second kappa shape index (κ2) is 4.64. The van der Waals surface area contributed by atoms with E-state index in [0.717, 1.165) is 11.5 Å². The van der Waals surface area contributed by atoms with Gasteiger partial charge in [-0.05, 0) is 30.6 Å². The third kappa shape index (κ3) is 2.16. The van der Waals surface area contributed by atoms with Gasteiger partial charge in [-0.1, -0.05) is 29.3 Å². The molecule has 0 unspecified atom stereocenters. The molecule has 0 spiro atoms. The van der Waals surface area contributed by atoms with Crippen molar-refractivity contribution in [1.29, 1.82) is 0 Å². The van der Waals surface area contributed by atoms with Crippen molar-refractivity contribution in [2.45, 2.75) is 6.92 Å². The van der Waals surface area contributed by atoms with Gasteiger partial charge < -0.3 is 9.90 Å². The van der Waals surface area contributed by atoms with Gasteiger partial charge in [0, 0.05) is 16.0 Å². The Morgan fingerprint density at radius 1 is 1.35 bits per heavy atom. The van der Waals surface area contributed by atoms with E-state index < -0.39 is 5.97 Å². The predicted molar refractivity (Wildman–Crippen MR) is 66.6 cm³/mol. The number of hydrogen-bond acceptors (Lipinski definition) is 4. The maximum absolute atomic E-state index is 11.1. The number of aromatic nitrogens is 1. The van der Waals surface area contributed by atoms with Crippen LogP contribution in [0.25, 0.3) is 11.3 Å². The van der Waals surface area contributed by atoms with Crippen molar-refractivity contribution in [2.24, 2.45) is 0 Å². The van der Waals surface area contributed by atoms with Gasteiger partial charge in [0.2, 0.25) is 0 Å². The van der Waals surface area contributed by atoms with Crippen LogP contribution < -0.4 is 5.11 Å². The van der Waals surface area contributed by atoms with Crippen LogP contribution in [0.3, 0.4) is 0 Å². The molecule has 0 aliphatic heterocycles. The molecule has 6 heteroatoms. The zero-order valence-corrected chi connectivity index (χ0v) is 11.0. The normalized spacial score (nSPS) is 10.5. The van der Waals surface area contributed by atoms with Gasteiger partial charge in [-0.3, -0.25) is 0 Å². The molecular weight excluding hydrogens is 281 g/mol. The second-order valence-corrected chi connectivity index (χ2v) is 5.14. The molecule has 0 amide bonds. The number of aromatic carboxylic acids is 1. The molecule has 0 saturated carbocycles. The Kier molecular flexibility index (Phi) is 3.38. The van der Waals surface area contributed by atoms with Gasteiger partial charge in [0.15, 0.2) is 0 Å². The fourth-order valence-electron chi connectivity index (χ4n) is 1.51. The van der Waals surface area contributed by atoms with Crippen LogP contribution in [0.2, 0.25) is 10.0 Å². The quantitative estimate of drug-likeness (QED) is 0.853. The monoisotopic (exact) mass is 286 g/mol. The number of aryl methyl sites for hydroxylation is 1. The van der Waals surface area contributed by atoms with Crippen LogP contribution in [-0.4, -0.2) is 10.3 Å². The topological polar surface area (TPSA) is 53.0 Å². The molecule has 0 aliphatic carbocycles. The molecule has 3 nitrogen and oxygen atoms in total. The van der Waals surface area contributed by atoms with E-state index >= 15 is 0 Å². The minimum atomic E-state index is -1.28. The van der Waals surface area contributed by atoms with Gasteiger partial charge in [0.1, 0.15) is 0 Å². The van der Waals surface area contributed by atoms with Crippen molar-refractivity contribution in [3.05, 3.63) is 38.7 Å². The van der Waals surface area contributed by atoms with Gasteiger partial charge in [-0.15, -0.1) is 0 Å². The van der Waals surface area contributed by atoms with Crippen LogP contribution in [0.15, 0.2) is 18.2 Å². The molecule has 1 aromatic carbocycles. The Labute approximate surface area is 112 Å². The van der Waals surface area contributed by atoms with Crippen LogP contribution in [-0.2, 0) is 0 Å². The third-order valence-corrected chi connectivity index (χ3v) is 3.65. The van der Waals surface area contributed by atoms with E-state index in [4.69, 9.17) is 23.2 Å².